The Hall–Kier alpha value is -4.86. The quantitative estimate of drug-likeness (QED) is 0.148. The minimum Gasteiger partial charge on any atom is -0.0587 e. The standard InChI is InChI=1S/2C27H26P/c2*1-18-6-7-24-17-25(9-8-23(24)12-18)28(26-13-19(2)10-20(3)14-26)27-15-21(4)11-22(5)16-27/h2*6-16H,1-5H3. The Kier molecular flexibility index (Phi) is 11.7. The second-order valence-electron chi connectivity index (χ2n) is 15.9. The van der Waals surface area contributed by atoms with Gasteiger partial charge in [-0.15, -0.1) is 0 Å². The Morgan fingerprint density at radius 1 is 0.268 bits per heavy atom. The van der Waals surface area contributed by atoms with E-state index in [-0.39, 0.29) is 0 Å². The van der Waals surface area contributed by atoms with Crippen LogP contribution in [0.3, 0.4) is 0 Å². The Bertz CT molecular complexity index is 2340. The van der Waals surface area contributed by atoms with Crippen LogP contribution in [0.1, 0.15) is 55.6 Å². The molecule has 0 atom stereocenters. The van der Waals surface area contributed by atoms with Gasteiger partial charge in [0.05, 0.1) is 0 Å². The van der Waals surface area contributed by atoms with Crippen LogP contribution in [0.4, 0.5) is 0 Å². The smallest absolute Gasteiger partial charge is 0.000883 e. The zero-order valence-electron chi connectivity index (χ0n) is 34.6. The van der Waals surface area contributed by atoms with Gasteiger partial charge in [0.1, 0.15) is 0 Å². The van der Waals surface area contributed by atoms with Crippen molar-refractivity contribution in [1.29, 1.82) is 0 Å². The number of aryl methyl sites for hydroxylation is 10. The van der Waals surface area contributed by atoms with Gasteiger partial charge in [0.15, 0.2) is 0 Å². The average Bonchev–Trinajstić information content (AvgIpc) is 3.11. The fraction of sp³-hybridized carbons (Fsp3) is 0.185. The molecule has 0 fully saturated rings. The summed E-state index contributed by atoms with van der Waals surface area (Å²) in [6, 6.07) is 57.7. The van der Waals surface area contributed by atoms with Gasteiger partial charge >= 0.3 is 0 Å². The lowest BCUT2D eigenvalue weighted by atomic mass is 10.1. The maximum atomic E-state index is 3.76. The van der Waals surface area contributed by atoms with Crippen LogP contribution in [0, 0.1) is 81.4 Å². The first-order valence-electron chi connectivity index (χ1n) is 19.6. The van der Waals surface area contributed by atoms with E-state index < -0.39 is 15.8 Å². The predicted molar refractivity (Wildman–Crippen MR) is 250 cm³/mol. The SMILES string of the molecule is Cc1cc(C)cc(P(c2[c]c3ccc(C)cc3cc2)c2cc(C)cc(C)c2)c1.Cc1cc(C)cc(P(c2[c]c3ccc(C)cc3cc2)c2cc(C)cc(C)c2)c1. The summed E-state index contributed by atoms with van der Waals surface area (Å²) in [6.45, 7) is 21.8. The minimum atomic E-state index is -0.647. The first kappa shape index (κ1) is 39.4. The van der Waals surface area contributed by atoms with Crippen LogP contribution < -0.4 is 31.8 Å². The van der Waals surface area contributed by atoms with E-state index in [1.807, 2.05) is 0 Å². The average molecular weight is 763 g/mol. The van der Waals surface area contributed by atoms with Crippen molar-refractivity contribution in [2.24, 2.45) is 0 Å². The van der Waals surface area contributed by atoms with E-state index in [4.69, 9.17) is 0 Å². The third-order valence-corrected chi connectivity index (χ3v) is 14.7. The molecule has 0 nitrogen and oxygen atoms in total. The highest BCUT2D eigenvalue weighted by molar-refractivity contribution is 7.80. The van der Waals surface area contributed by atoms with Gasteiger partial charge in [-0.25, -0.2) is 0 Å². The molecule has 8 aromatic carbocycles. The van der Waals surface area contributed by atoms with Gasteiger partial charge in [-0.3, -0.25) is 0 Å². The van der Waals surface area contributed by atoms with Crippen molar-refractivity contribution < 1.29 is 0 Å². The van der Waals surface area contributed by atoms with Crippen molar-refractivity contribution in [3.8, 4) is 0 Å². The van der Waals surface area contributed by atoms with Crippen LogP contribution in [-0.4, -0.2) is 0 Å². The lowest BCUT2D eigenvalue weighted by Crippen LogP contribution is -2.22. The highest BCUT2D eigenvalue weighted by Gasteiger charge is 2.20. The van der Waals surface area contributed by atoms with Crippen molar-refractivity contribution in [2.45, 2.75) is 69.2 Å². The molecule has 278 valence electrons. The van der Waals surface area contributed by atoms with E-state index in [9.17, 15) is 0 Å². The molecular weight excluding hydrogens is 711 g/mol. The second-order valence-corrected chi connectivity index (χ2v) is 20.3. The highest BCUT2D eigenvalue weighted by atomic mass is 31.1. The Morgan fingerprint density at radius 3 is 0.804 bits per heavy atom. The van der Waals surface area contributed by atoms with Gasteiger partial charge < -0.3 is 0 Å². The summed E-state index contributed by atoms with van der Waals surface area (Å²) in [5.41, 5.74) is 13.2. The first-order valence-corrected chi connectivity index (χ1v) is 22.3. The molecule has 0 bridgehead atoms. The predicted octanol–water partition coefficient (Wildman–Crippen LogP) is 11.9. The lowest BCUT2D eigenvalue weighted by molar-refractivity contribution is 1.40. The monoisotopic (exact) mass is 762 g/mol. The summed E-state index contributed by atoms with van der Waals surface area (Å²) in [7, 11) is -1.29. The maximum Gasteiger partial charge on any atom is -0.000883 e. The normalized spacial score (nSPS) is 11.4. The maximum absolute atomic E-state index is 3.76. The molecule has 0 spiro atoms. The zero-order chi connectivity index (χ0) is 39.7. The molecule has 8 aromatic rings. The van der Waals surface area contributed by atoms with Crippen LogP contribution >= 0.6 is 15.8 Å². The van der Waals surface area contributed by atoms with Crippen LogP contribution in [0.15, 0.2) is 133 Å². The molecule has 0 saturated heterocycles. The molecule has 0 amide bonds. The highest BCUT2D eigenvalue weighted by Crippen LogP contribution is 2.37. The van der Waals surface area contributed by atoms with E-state index in [1.165, 1.54) is 109 Å². The van der Waals surface area contributed by atoms with Crippen molar-refractivity contribution in [3.05, 3.63) is 201 Å². The van der Waals surface area contributed by atoms with Gasteiger partial charge in [-0.1, -0.05) is 189 Å². The summed E-state index contributed by atoms with van der Waals surface area (Å²) in [5.74, 6) is 0. The van der Waals surface area contributed by atoms with Gasteiger partial charge in [0.2, 0.25) is 0 Å². The third kappa shape index (κ3) is 9.22. The summed E-state index contributed by atoms with van der Waals surface area (Å²) >= 11 is 0. The molecule has 0 aliphatic heterocycles. The molecule has 56 heavy (non-hydrogen) atoms. The topological polar surface area (TPSA) is 0 Å². The number of benzene rings is 8. The molecule has 0 saturated carbocycles. The molecule has 2 heteroatoms. The molecule has 0 aromatic heterocycles. The minimum absolute atomic E-state index is 0.647. The molecule has 2 radical (unpaired) electrons. The summed E-state index contributed by atoms with van der Waals surface area (Å²) in [4.78, 5) is 0. The van der Waals surface area contributed by atoms with E-state index in [0.717, 1.165) is 0 Å². The van der Waals surface area contributed by atoms with E-state index in [2.05, 4.69) is 215 Å². The van der Waals surface area contributed by atoms with Gasteiger partial charge in [0.25, 0.3) is 0 Å². The Balaban J connectivity index is 0.000000172. The molecule has 0 unspecified atom stereocenters. The van der Waals surface area contributed by atoms with E-state index in [1.54, 1.807) is 0 Å². The van der Waals surface area contributed by atoms with Gasteiger partial charge in [-0.2, -0.15) is 0 Å². The molecular formula is C54H52P2. The van der Waals surface area contributed by atoms with Crippen molar-refractivity contribution in [3.63, 3.8) is 0 Å². The first-order chi connectivity index (χ1) is 26.8. The molecule has 0 aliphatic carbocycles. The number of rotatable bonds is 6. The Morgan fingerprint density at radius 2 is 0.536 bits per heavy atom. The summed E-state index contributed by atoms with van der Waals surface area (Å²) in [6.07, 6.45) is 0. The summed E-state index contributed by atoms with van der Waals surface area (Å²) in [5, 5.41) is 13.1. The second kappa shape index (κ2) is 16.7. The van der Waals surface area contributed by atoms with Gasteiger partial charge in [-0.05, 0) is 151 Å². The fourth-order valence-electron chi connectivity index (χ4n) is 8.00. The van der Waals surface area contributed by atoms with Crippen LogP contribution in [0.2, 0.25) is 0 Å². The molecule has 8 rings (SSSR count). The number of hydrogen-bond donors (Lipinski definition) is 0. The van der Waals surface area contributed by atoms with Crippen LogP contribution in [0.5, 0.6) is 0 Å². The van der Waals surface area contributed by atoms with E-state index in [0.29, 0.717) is 0 Å². The third-order valence-electron chi connectivity index (χ3n) is 10.1. The summed E-state index contributed by atoms with van der Waals surface area (Å²) < 4.78 is 0. The van der Waals surface area contributed by atoms with Crippen molar-refractivity contribution >= 4 is 69.2 Å². The molecule has 0 heterocycles. The number of hydrogen-bond acceptors (Lipinski definition) is 0. The molecule has 0 aliphatic rings. The van der Waals surface area contributed by atoms with Crippen molar-refractivity contribution in [1.82, 2.24) is 0 Å². The van der Waals surface area contributed by atoms with Crippen molar-refractivity contribution in [2.75, 3.05) is 0 Å². The lowest BCUT2D eigenvalue weighted by Gasteiger charge is -2.22. The van der Waals surface area contributed by atoms with E-state index >= 15 is 0 Å². The zero-order valence-corrected chi connectivity index (χ0v) is 36.4. The largest absolute Gasteiger partial charge is 0.0587 e. The number of fused-ring (bicyclic) bond motifs is 2. The Labute approximate surface area is 338 Å². The fourth-order valence-corrected chi connectivity index (χ4v) is 13.3. The van der Waals surface area contributed by atoms with Gasteiger partial charge in [0, 0.05) is 0 Å². The van der Waals surface area contributed by atoms with Crippen LogP contribution in [-0.2, 0) is 0 Å². The van der Waals surface area contributed by atoms with Crippen LogP contribution in [0.25, 0.3) is 21.5 Å². The molecule has 0 N–H and O–H groups in total.